The molecule has 1 amide bonds. The average molecular weight is 444 g/mol. The minimum absolute atomic E-state index is 0.0115. The molecule has 1 N–H and O–H groups in total. The lowest BCUT2D eigenvalue weighted by molar-refractivity contribution is -0.121. The Morgan fingerprint density at radius 2 is 2.03 bits per heavy atom. The number of rotatable bonds is 7. The highest BCUT2D eigenvalue weighted by Gasteiger charge is 2.23. The van der Waals surface area contributed by atoms with Crippen LogP contribution in [0.1, 0.15) is 18.7 Å². The summed E-state index contributed by atoms with van der Waals surface area (Å²) < 4.78 is 5.76. The Bertz CT molecular complexity index is 1010. The van der Waals surface area contributed by atoms with Gasteiger partial charge in [0.15, 0.2) is 11.7 Å². The van der Waals surface area contributed by atoms with Gasteiger partial charge >= 0.3 is 0 Å². The maximum absolute atomic E-state index is 12.3. The van der Waals surface area contributed by atoms with Crippen LogP contribution in [-0.2, 0) is 11.2 Å². The Balaban J connectivity index is 1.22. The standard InChI is InChI=1S/C23H23Cl2N3O2/c24-17-6-7-19(20(25)12-17)21-14-27-23(30-21)9-8-22(29)26-13-16-10-11-28(15-16)18-4-2-1-3-5-18/h1-7,12,14,16H,8-11,13,15H2,(H,26,29). The number of anilines is 1. The normalized spacial score (nSPS) is 16.1. The highest BCUT2D eigenvalue weighted by atomic mass is 35.5. The molecule has 0 spiro atoms. The topological polar surface area (TPSA) is 58.4 Å². The van der Waals surface area contributed by atoms with Gasteiger partial charge < -0.3 is 14.6 Å². The number of aryl methyl sites for hydroxylation is 1. The Morgan fingerprint density at radius 1 is 1.20 bits per heavy atom. The van der Waals surface area contributed by atoms with Crippen molar-refractivity contribution in [2.75, 3.05) is 24.5 Å². The molecule has 1 saturated heterocycles. The lowest BCUT2D eigenvalue weighted by Gasteiger charge is -2.18. The number of hydrogen-bond donors (Lipinski definition) is 1. The van der Waals surface area contributed by atoms with Gasteiger partial charge in [-0.15, -0.1) is 0 Å². The van der Waals surface area contributed by atoms with E-state index in [1.807, 2.05) is 6.07 Å². The van der Waals surface area contributed by atoms with Crippen LogP contribution in [0.4, 0.5) is 5.69 Å². The van der Waals surface area contributed by atoms with Crippen molar-refractivity contribution < 1.29 is 9.21 Å². The van der Waals surface area contributed by atoms with E-state index in [0.29, 0.717) is 47.0 Å². The van der Waals surface area contributed by atoms with Crippen LogP contribution in [0.2, 0.25) is 10.0 Å². The second-order valence-electron chi connectivity index (χ2n) is 7.48. The number of halogens is 2. The Hall–Kier alpha value is -2.50. The van der Waals surface area contributed by atoms with E-state index in [4.69, 9.17) is 27.6 Å². The molecule has 1 fully saturated rings. The molecule has 1 aromatic heterocycles. The second-order valence-corrected chi connectivity index (χ2v) is 8.33. The third-order valence-corrected chi connectivity index (χ3v) is 5.86. The van der Waals surface area contributed by atoms with Gasteiger partial charge in [0, 0.05) is 48.7 Å². The van der Waals surface area contributed by atoms with Crippen LogP contribution >= 0.6 is 23.2 Å². The first-order valence-corrected chi connectivity index (χ1v) is 10.8. The monoisotopic (exact) mass is 443 g/mol. The number of benzene rings is 2. The van der Waals surface area contributed by atoms with Gasteiger partial charge in [0.2, 0.25) is 5.91 Å². The van der Waals surface area contributed by atoms with E-state index in [2.05, 4.69) is 39.5 Å². The van der Waals surface area contributed by atoms with E-state index in [-0.39, 0.29) is 5.91 Å². The van der Waals surface area contributed by atoms with Crippen molar-refractivity contribution in [1.82, 2.24) is 10.3 Å². The minimum atomic E-state index is 0.0115. The van der Waals surface area contributed by atoms with Crippen molar-refractivity contribution in [2.45, 2.75) is 19.3 Å². The van der Waals surface area contributed by atoms with Gasteiger partial charge in [0.25, 0.3) is 0 Å². The summed E-state index contributed by atoms with van der Waals surface area (Å²) in [4.78, 5) is 18.9. The molecule has 156 valence electrons. The summed E-state index contributed by atoms with van der Waals surface area (Å²) >= 11 is 12.1. The Morgan fingerprint density at radius 3 is 2.83 bits per heavy atom. The van der Waals surface area contributed by atoms with Gasteiger partial charge in [-0.25, -0.2) is 4.98 Å². The van der Waals surface area contributed by atoms with Gasteiger partial charge in [-0.1, -0.05) is 41.4 Å². The molecular formula is C23H23Cl2N3O2. The summed E-state index contributed by atoms with van der Waals surface area (Å²) in [7, 11) is 0. The smallest absolute Gasteiger partial charge is 0.220 e. The highest BCUT2D eigenvalue weighted by Crippen LogP contribution is 2.31. The largest absolute Gasteiger partial charge is 0.441 e. The number of amides is 1. The zero-order valence-electron chi connectivity index (χ0n) is 16.5. The summed E-state index contributed by atoms with van der Waals surface area (Å²) in [6.45, 7) is 2.69. The van der Waals surface area contributed by atoms with E-state index in [9.17, 15) is 4.79 Å². The predicted molar refractivity (Wildman–Crippen MR) is 120 cm³/mol. The molecule has 7 heteroatoms. The van der Waals surface area contributed by atoms with Crippen LogP contribution in [0, 0.1) is 5.92 Å². The van der Waals surface area contributed by atoms with Crippen molar-refractivity contribution in [1.29, 1.82) is 0 Å². The molecule has 0 saturated carbocycles. The molecule has 1 atom stereocenters. The fourth-order valence-corrected chi connectivity index (χ4v) is 4.18. The molecule has 3 aromatic rings. The zero-order chi connectivity index (χ0) is 20.9. The molecule has 0 radical (unpaired) electrons. The molecule has 0 aliphatic carbocycles. The molecule has 1 aliphatic rings. The van der Waals surface area contributed by atoms with Crippen LogP contribution in [0.25, 0.3) is 11.3 Å². The molecular weight excluding hydrogens is 421 g/mol. The predicted octanol–water partition coefficient (Wildman–Crippen LogP) is 5.22. The summed E-state index contributed by atoms with van der Waals surface area (Å²) in [5.41, 5.74) is 1.97. The number of nitrogens with zero attached hydrogens (tertiary/aromatic N) is 2. The van der Waals surface area contributed by atoms with Crippen molar-refractivity contribution in [3.05, 3.63) is 70.7 Å². The van der Waals surface area contributed by atoms with Gasteiger partial charge in [-0.3, -0.25) is 4.79 Å². The maximum Gasteiger partial charge on any atom is 0.220 e. The molecule has 1 unspecified atom stereocenters. The van der Waals surface area contributed by atoms with E-state index in [1.54, 1.807) is 24.4 Å². The number of hydrogen-bond acceptors (Lipinski definition) is 4. The van der Waals surface area contributed by atoms with E-state index in [1.165, 1.54) is 5.69 Å². The quantitative estimate of drug-likeness (QED) is 0.543. The third kappa shape index (κ3) is 5.15. The van der Waals surface area contributed by atoms with E-state index < -0.39 is 0 Å². The number of nitrogens with one attached hydrogen (secondary N) is 1. The fourth-order valence-electron chi connectivity index (χ4n) is 3.68. The number of oxazole rings is 1. The Labute approximate surface area is 186 Å². The molecule has 2 aromatic carbocycles. The highest BCUT2D eigenvalue weighted by molar-refractivity contribution is 6.36. The number of aromatic nitrogens is 1. The number of para-hydroxylation sites is 1. The lowest BCUT2D eigenvalue weighted by Crippen LogP contribution is -2.31. The molecule has 1 aliphatic heterocycles. The van der Waals surface area contributed by atoms with E-state index in [0.717, 1.165) is 25.1 Å². The first-order chi connectivity index (χ1) is 14.6. The molecule has 2 heterocycles. The summed E-state index contributed by atoms with van der Waals surface area (Å²) in [5, 5.41) is 4.12. The molecule has 30 heavy (non-hydrogen) atoms. The van der Waals surface area contributed by atoms with Crippen LogP contribution in [0.5, 0.6) is 0 Å². The minimum Gasteiger partial charge on any atom is -0.441 e. The number of carbonyl (C=O) groups excluding carboxylic acids is 1. The molecule has 0 bridgehead atoms. The molecule has 4 rings (SSSR count). The zero-order valence-corrected chi connectivity index (χ0v) is 18.0. The van der Waals surface area contributed by atoms with Crippen molar-refractivity contribution in [3.8, 4) is 11.3 Å². The maximum atomic E-state index is 12.3. The lowest BCUT2D eigenvalue weighted by atomic mass is 10.1. The van der Waals surface area contributed by atoms with Gasteiger partial charge in [-0.2, -0.15) is 0 Å². The average Bonchev–Trinajstić information content (AvgIpc) is 3.41. The second kappa shape index (κ2) is 9.54. The van der Waals surface area contributed by atoms with Crippen LogP contribution in [-0.4, -0.2) is 30.5 Å². The third-order valence-electron chi connectivity index (χ3n) is 5.31. The van der Waals surface area contributed by atoms with Gasteiger partial charge in [0.1, 0.15) is 0 Å². The van der Waals surface area contributed by atoms with Gasteiger partial charge in [0.05, 0.1) is 11.2 Å². The SMILES string of the molecule is O=C(CCc1ncc(-c2ccc(Cl)cc2Cl)o1)NCC1CCN(c2ccccc2)C1. The van der Waals surface area contributed by atoms with Crippen LogP contribution < -0.4 is 10.2 Å². The molecule has 5 nitrogen and oxygen atoms in total. The Kier molecular flexibility index (Phi) is 6.60. The number of carbonyl (C=O) groups is 1. The van der Waals surface area contributed by atoms with Crippen LogP contribution in [0.3, 0.4) is 0 Å². The van der Waals surface area contributed by atoms with Gasteiger partial charge in [-0.05, 0) is 42.7 Å². The first-order valence-electron chi connectivity index (χ1n) is 10.1. The van der Waals surface area contributed by atoms with Crippen molar-refractivity contribution in [3.63, 3.8) is 0 Å². The van der Waals surface area contributed by atoms with Crippen molar-refractivity contribution in [2.24, 2.45) is 5.92 Å². The fraction of sp³-hybridized carbons (Fsp3) is 0.304. The van der Waals surface area contributed by atoms with Crippen molar-refractivity contribution >= 4 is 34.8 Å². The van der Waals surface area contributed by atoms with E-state index >= 15 is 0 Å². The van der Waals surface area contributed by atoms with Crippen LogP contribution in [0.15, 0.2) is 59.1 Å². The summed E-state index contributed by atoms with van der Waals surface area (Å²) in [6, 6.07) is 15.6. The summed E-state index contributed by atoms with van der Waals surface area (Å²) in [5.74, 6) is 1.56. The summed E-state index contributed by atoms with van der Waals surface area (Å²) in [6.07, 6.45) is 3.49. The first kappa shape index (κ1) is 20.8.